The van der Waals surface area contributed by atoms with Crippen LogP contribution < -0.4 is 4.72 Å². The standard InChI is InChI=1S/C28H32N2O3S/c1-4-26(29-34(32)25-18-16-22(3)17-19-25)27(28(31)33-5-2)30(20-23-12-8-6-9-13-23)21-24-14-10-7-11-15-24/h4,6-19,26-27,29H,1,5,20-21H2,2-3H3/t26-,27+,34-/m1/s1. The van der Waals surface area contributed by atoms with Crippen LogP contribution in [0.25, 0.3) is 0 Å². The highest BCUT2D eigenvalue weighted by molar-refractivity contribution is 7.83. The Bertz CT molecular complexity index is 1030. The van der Waals surface area contributed by atoms with Crippen LogP contribution in [0.5, 0.6) is 0 Å². The van der Waals surface area contributed by atoms with Crippen molar-refractivity contribution in [2.45, 2.75) is 43.9 Å². The van der Waals surface area contributed by atoms with Gasteiger partial charge in [-0.1, -0.05) is 84.4 Å². The lowest BCUT2D eigenvalue weighted by Crippen LogP contribution is -2.54. The summed E-state index contributed by atoms with van der Waals surface area (Å²) in [6.45, 7) is 9.00. The highest BCUT2D eigenvalue weighted by Crippen LogP contribution is 2.19. The predicted molar refractivity (Wildman–Crippen MR) is 137 cm³/mol. The third kappa shape index (κ3) is 7.22. The van der Waals surface area contributed by atoms with Crippen LogP contribution in [0.15, 0.2) is 102 Å². The molecule has 0 saturated carbocycles. The Labute approximate surface area is 205 Å². The quantitative estimate of drug-likeness (QED) is 0.301. The zero-order valence-corrected chi connectivity index (χ0v) is 20.5. The number of nitrogens with one attached hydrogen (secondary N) is 1. The number of aryl methyl sites for hydroxylation is 1. The molecule has 0 aliphatic rings. The molecule has 3 aromatic carbocycles. The Kier molecular flexibility index (Phi) is 9.76. The maximum Gasteiger partial charge on any atom is 0.325 e. The lowest BCUT2D eigenvalue weighted by atomic mass is 10.0. The Morgan fingerprint density at radius 1 is 0.971 bits per heavy atom. The molecule has 0 spiro atoms. The van der Waals surface area contributed by atoms with Crippen LogP contribution in [0, 0.1) is 6.92 Å². The molecule has 0 aliphatic carbocycles. The summed E-state index contributed by atoms with van der Waals surface area (Å²) in [6, 6.07) is 26.1. The number of ether oxygens (including phenoxy) is 1. The van der Waals surface area contributed by atoms with Gasteiger partial charge in [-0.25, -0.2) is 8.93 Å². The van der Waals surface area contributed by atoms with Crippen molar-refractivity contribution in [1.29, 1.82) is 0 Å². The van der Waals surface area contributed by atoms with E-state index in [1.807, 2.05) is 96.8 Å². The summed E-state index contributed by atoms with van der Waals surface area (Å²) in [5.41, 5.74) is 3.22. The van der Waals surface area contributed by atoms with E-state index in [1.165, 1.54) is 0 Å². The van der Waals surface area contributed by atoms with Gasteiger partial charge in [0.15, 0.2) is 0 Å². The Hall–Kier alpha value is -3.06. The summed E-state index contributed by atoms with van der Waals surface area (Å²) < 4.78 is 21.7. The molecule has 3 rings (SSSR count). The predicted octanol–water partition coefficient (Wildman–Crippen LogP) is 4.80. The van der Waals surface area contributed by atoms with Crippen LogP contribution in [-0.4, -0.2) is 33.8 Å². The summed E-state index contributed by atoms with van der Waals surface area (Å²) in [5, 5.41) is 0. The molecule has 0 aromatic heterocycles. The lowest BCUT2D eigenvalue weighted by molar-refractivity contribution is -0.150. The minimum Gasteiger partial charge on any atom is -0.465 e. The van der Waals surface area contributed by atoms with E-state index in [4.69, 9.17) is 4.74 Å². The molecule has 0 aliphatic heterocycles. The SMILES string of the molecule is C=C[C@@H](N[S@](=O)c1ccc(C)cc1)[C@@H](C(=O)OCC)N(Cc1ccccc1)Cc1ccccc1. The first-order valence-electron chi connectivity index (χ1n) is 11.4. The highest BCUT2D eigenvalue weighted by atomic mass is 32.2. The third-order valence-corrected chi connectivity index (χ3v) is 6.64. The second-order valence-corrected chi connectivity index (χ2v) is 9.28. The Balaban J connectivity index is 1.94. The fraction of sp³-hybridized carbons (Fsp3) is 0.250. The first-order chi connectivity index (χ1) is 16.5. The third-order valence-electron chi connectivity index (χ3n) is 5.45. The summed E-state index contributed by atoms with van der Waals surface area (Å²) >= 11 is 0. The van der Waals surface area contributed by atoms with E-state index >= 15 is 0 Å². The largest absolute Gasteiger partial charge is 0.465 e. The van der Waals surface area contributed by atoms with Gasteiger partial charge in [0, 0.05) is 13.1 Å². The highest BCUT2D eigenvalue weighted by Gasteiger charge is 2.35. The number of benzene rings is 3. The number of carbonyl (C=O) groups is 1. The fourth-order valence-electron chi connectivity index (χ4n) is 3.73. The van der Waals surface area contributed by atoms with Crippen molar-refractivity contribution >= 4 is 17.0 Å². The van der Waals surface area contributed by atoms with E-state index in [-0.39, 0.29) is 12.6 Å². The number of esters is 1. The molecule has 0 saturated heterocycles. The number of hydrogen-bond acceptors (Lipinski definition) is 4. The minimum atomic E-state index is -1.53. The molecule has 3 atom stereocenters. The van der Waals surface area contributed by atoms with Crippen molar-refractivity contribution in [2.75, 3.05) is 6.61 Å². The van der Waals surface area contributed by atoms with Crippen LogP contribution >= 0.6 is 0 Å². The number of nitrogens with zero attached hydrogens (tertiary/aromatic N) is 1. The molecule has 0 bridgehead atoms. The fourth-order valence-corrected chi connectivity index (χ4v) is 4.73. The van der Waals surface area contributed by atoms with E-state index in [1.54, 1.807) is 13.0 Å². The molecule has 1 N–H and O–H groups in total. The Morgan fingerprint density at radius 3 is 1.97 bits per heavy atom. The molecule has 178 valence electrons. The van der Waals surface area contributed by atoms with Crippen LogP contribution in [0.3, 0.4) is 0 Å². The zero-order valence-electron chi connectivity index (χ0n) is 19.7. The number of hydrogen-bond donors (Lipinski definition) is 1. The monoisotopic (exact) mass is 476 g/mol. The normalized spacial score (nSPS) is 13.7. The van der Waals surface area contributed by atoms with Gasteiger partial charge in [-0.3, -0.25) is 9.69 Å². The molecule has 0 radical (unpaired) electrons. The molecule has 5 nitrogen and oxygen atoms in total. The van der Waals surface area contributed by atoms with Crippen molar-refractivity contribution in [3.63, 3.8) is 0 Å². The first kappa shape index (κ1) is 25.6. The molecule has 0 amide bonds. The summed E-state index contributed by atoms with van der Waals surface area (Å²) in [4.78, 5) is 16.0. The summed E-state index contributed by atoms with van der Waals surface area (Å²) in [6.07, 6.45) is 1.64. The van der Waals surface area contributed by atoms with Gasteiger partial charge in [-0.15, -0.1) is 6.58 Å². The average molecular weight is 477 g/mol. The zero-order chi connectivity index (χ0) is 24.3. The van der Waals surface area contributed by atoms with Crippen molar-refractivity contribution in [3.8, 4) is 0 Å². The molecule has 0 unspecified atom stereocenters. The van der Waals surface area contributed by atoms with Gasteiger partial charge in [0.05, 0.1) is 17.5 Å². The second kappa shape index (κ2) is 13.0. The van der Waals surface area contributed by atoms with E-state index in [0.29, 0.717) is 18.0 Å². The maximum absolute atomic E-state index is 13.3. The van der Waals surface area contributed by atoms with Crippen molar-refractivity contribution in [2.24, 2.45) is 0 Å². The van der Waals surface area contributed by atoms with Gasteiger partial charge in [-0.2, -0.15) is 0 Å². The topological polar surface area (TPSA) is 58.6 Å². The Morgan fingerprint density at radius 2 is 1.50 bits per heavy atom. The average Bonchev–Trinajstić information content (AvgIpc) is 2.85. The molecular formula is C28H32N2O3S. The molecule has 0 fully saturated rings. The number of carbonyl (C=O) groups excluding carboxylic acids is 1. The van der Waals surface area contributed by atoms with Gasteiger partial charge in [0.2, 0.25) is 0 Å². The second-order valence-electron chi connectivity index (χ2n) is 8.03. The van der Waals surface area contributed by atoms with Gasteiger partial charge in [0.25, 0.3) is 0 Å². The van der Waals surface area contributed by atoms with E-state index in [0.717, 1.165) is 16.7 Å². The smallest absolute Gasteiger partial charge is 0.325 e. The van der Waals surface area contributed by atoms with Gasteiger partial charge >= 0.3 is 5.97 Å². The first-order valence-corrected chi connectivity index (χ1v) is 12.5. The van der Waals surface area contributed by atoms with Crippen LogP contribution in [0.2, 0.25) is 0 Å². The van der Waals surface area contributed by atoms with Crippen LogP contribution in [0.1, 0.15) is 23.6 Å². The number of rotatable bonds is 12. The van der Waals surface area contributed by atoms with Gasteiger partial charge in [0.1, 0.15) is 17.0 Å². The molecular weight excluding hydrogens is 444 g/mol. The van der Waals surface area contributed by atoms with Crippen molar-refractivity contribution in [3.05, 3.63) is 114 Å². The molecule has 0 heterocycles. The van der Waals surface area contributed by atoms with Gasteiger partial charge < -0.3 is 4.74 Å². The maximum atomic E-state index is 13.3. The van der Waals surface area contributed by atoms with Crippen molar-refractivity contribution in [1.82, 2.24) is 9.62 Å². The lowest BCUT2D eigenvalue weighted by Gasteiger charge is -2.34. The van der Waals surface area contributed by atoms with E-state index in [2.05, 4.69) is 11.3 Å². The molecule has 3 aromatic rings. The minimum absolute atomic E-state index is 0.255. The molecule has 34 heavy (non-hydrogen) atoms. The van der Waals surface area contributed by atoms with Crippen molar-refractivity contribution < 1.29 is 13.7 Å². The van der Waals surface area contributed by atoms with Gasteiger partial charge in [-0.05, 0) is 37.1 Å². The van der Waals surface area contributed by atoms with Crippen LogP contribution in [-0.2, 0) is 33.6 Å². The molecule has 6 heteroatoms. The van der Waals surface area contributed by atoms with Crippen LogP contribution in [0.4, 0.5) is 0 Å². The van der Waals surface area contributed by atoms with E-state index in [9.17, 15) is 9.00 Å². The summed E-state index contributed by atoms with van der Waals surface area (Å²) in [5.74, 6) is -0.382. The summed E-state index contributed by atoms with van der Waals surface area (Å²) in [7, 11) is -1.53. The van der Waals surface area contributed by atoms with E-state index < -0.39 is 23.1 Å².